The molecule has 3 rings (SSSR count). The fourth-order valence-corrected chi connectivity index (χ4v) is 4.36. The van der Waals surface area contributed by atoms with Crippen LogP contribution in [0.2, 0.25) is 0 Å². The lowest BCUT2D eigenvalue weighted by Gasteiger charge is -2.32. The van der Waals surface area contributed by atoms with Gasteiger partial charge in [0.15, 0.2) is 0 Å². The first-order valence-corrected chi connectivity index (χ1v) is 9.60. The van der Waals surface area contributed by atoms with Crippen molar-refractivity contribution >= 4 is 17.2 Å². The van der Waals surface area contributed by atoms with E-state index in [9.17, 15) is 4.79 Å². The van der Waals surface area contributed by atoms with Crippen molar-refractivity contribution < 1.29 is 9.32 Å². The van der Waals surface area contributed by atoms with Crippen molar-refractivity contribution in [3.8, 4) is 0 Å². The SMILES string of the molecule is CCc1csc(C2CCCN(C(=O)CCc3c(C)noc3C)C2)n1. The van der Waals surface area contributed by atoms with Crippen LogP contribution in [0.5, 0.6) is 0 Å². The van der Waals surface area contributed by atoms with Crippen LogP contribution in [0.1, 0.15) is 59.8 Å². The summed E-state index contributed by atoms with van der Waals surface area (Å²) < 4.78 is 5.18. The van der Waals surface area contributed by atoms with Crippen LogP contribution < -0.4 is 0 Å². The zero-order chi connectivity index (χ0) is 17.1. The summed E-state index contributed by atoms with van der Waals surface area (Å²) in [5.74, 6) is 1.45. The van der Waals surface area contributed by atoms with E-state index in [2.05, 4.69) is 17.5 Å². The van der Waals surface area contributed by atoms with Crippen LogP contribution >= 0.6 is 11.3 Å². The van der Waals surface area contributed by atoms with Crippen LogP contribution in [0.25, 0.3) is 0 Å². The number of rotatable bonds is 5. The van der Waals surface area contributed by atoms with Crippen molar-refractivity contribution in [3.05, 3.63) is 33.1 Å². The summed E-state index contributed by atoms with van der Waals surface area (Å²) >= 11 is 1.74. The molecule has 0 aromatic carbocycles. The molecule has 1 aliphatic rings. The fourth-order valence-electron chi connectivity index (χ4n) is 3.33. The Hall–Kier alpha value is -1.69. The van der Waals surface area contributed by atoms with Crippen LogP contribution in [0.4, 0.5) is 0 Å². The topological polar surface area (TPSA) is 59.2 Å². The maximum Gasteiger partial charge on any atom is 0.222 e. The number of carbonyl (C=O) groups excluding carboxylic acids is 1. The first-order valence-electron chi connectivity index (χ1n) is 8.72. The normalized spacial score (nSPS) is 18.1. The maximum absolute atomic E-state index is 12.6. The molecule has 1 unspecified atom stereocenters. The Labute approximate surface area is 147 Å². The summed E-state index contributed by atoms with van der Waals surface area (Å²) in [5.41, 5.74) is 3.13. The summed E-state index contributed by atoms with van der Waals surface area (Å²) in [5, 5.41) is 7.30. The number of aromatic nitrogens is 2. The van der Waals surface area contributed by atoms with E-state index in [1.807, 2.05) is 18.7 Å². The van der Waals surface area contributed by atoms with E-state index in [4.69, 9.17) is 9.51 Å². The monoisotopic (exact) mass is 347 g/mol. The van der Waals surface area contributed by atoms with Gasteiger partial charge < -0.3 is 9.42 Å². The highest BCUT2D eigenvalue weighted by Crippen LogP contribution is 2.30. The van der Waals surface area contributed by atoms with Gasteiger partial charge in [0, 0.05) is 36.4 Å². The molecule has 0 radical (unpaired) electrons. The molecule has 0 bridgehead atoms. The zero-order valence-electron chi connectivity index (χ0n) is 14.7. The van der Waals surface area contributed by atoms with E-state index in [1.165, 1.54) is 5.01 Å². The summed E-state index contributed by atoms with van der Waals surface area (Å²) in [6, 6.07) is 0. The molecule has 6 heteroatoms. The minimum atomic E-state index is 0.229. The Bertz CT molecular complexity index is 687. The molecule has 1 amide bonds. The van der Waals surface area contributed by atoms with Crippen molar-refractivity contribution in [2.75, 3.05) is 13.1 Å². The Morgan fingerprint density at radius 1 is 1.46 bits per heavy atom. The Kier molecular flexibility index (Phi) is 5.33. The van der Waals surface area contributed by atoms with Crippen molar-refractivity contribution in [1.29, 1.82) is 0 Å². The molecule has 24 heavy (non-hydrogen) atoms. The minimum absolute atomic E-state index is 0.229. The zero-order valence-corrected chi connectivity index (χ0v) is 15.5. The van der Waals surface area contributed by atoms with E-state index in [0.29, 0.717) is 18.8 Å². The number of thiazole rings is 1. The van der Waals surface area contributed by atoms with Gasteiger partial charge in [-0.3, -0.25) is 4.79 Å². The number of amides is 1. The molecule has 5 nitrogen and oxygen atoms in total. The first-order chi connectivity index (χ1) is 11.6. The van der Waals surface area contributed by atoms with Gasteiger partial charge in [0.2, 0.25) is 5.91 Å². The molecule has 0 saturated carbocycles. The van der Waals surface area contributed by atoms with Gasteiger partial charge in [-0.15, -0.1) is 11.3 Å². The Morgan fingerprint density at radius 2 is 2.29 bits per heavy atom. The van der Waals surface area contributed by atoms with Gasteiger partial charge in [-0.25, -0.2) is 4.98 Å². The van der Waals surface area contributed by atoms with E-state index < -0.39 is 0 Å². The molecular formula is C18H25N3O2S. The molecule has 130 valence electrons. The molecule has 1 atom stereocenters. The summed E-state index contributed by atoms with van der Waals surface area (Å²) in [6.07, 6.45) is 4.39. The van der Waals surface area contributed by atoms with Gasteiger partial charge in [0.1, 0.15) is 5.76 Å². The predicted molar refractivity (Wildman–Crippen MR) is 94.3 cm³/mol. The lowest BCUT2D eigenvalue weighted by atomic mass is 9.98. The molecule has 1 saturated heterocycles. The van der Waals surface area contributed by atoms with E-state index in [0.717, 1.165) is 55.1 Å². The number of hydrogen-bond donors (Lipinski definition) is 0. The number of piperidine rings is 1. The van der Waals surface area contributed by atoms with E-state index in [1.54, 1.807) is 11.3 Å². The van der Waals surface area contributed by atoms with Crippen LogP contribution in [0.3, 0.4) is 0 Å². The number of nitrogens with zero attached hydrogens (tertiary/aromatic N) is 3. The summed E-state index contributed by atoms with van der Waals surface area (Å²) in [6.45, 7) is 7.63. The van der Waals surface area contributed by atoms with Crippen LogP contribution in [0.15, 0.2) is 9.90 Å². The quantitative estimate of drug-likeness (QED) is 0.828. The second kappa shape index (κ2) is 7.47. The molecule has 2 aromatic rings. The van der Waals surface area contributed by atoms with E-state index >= 15 is 0 Å². The molecule has 3 heterocycles. The standard InChI is InChI=1S/C18H25N3O2S/c1-4-15-11-24-18(19-15)14-6-5-9-21(10-14)17(22)8-7-16-12(2)20-23-13(16)3/h11,14H,4-10H2,1-3H3. The molecule has 2 aromatic heterocycles. The number of likely N-dealkylation sites (tertiary alicyclic amines) is 1. The third kappa shape index (κ3) is 3.69. The highest BCUT2D eigenvalue weighted by molar-refractivity contribution is 7.09. The fraction of sp³-hybridized carbons (Fsp3) is 0.611. The van der Waals surface area contributed by atoms with Crippen molar-refractivity contribution in [1.82, 2.24) is 15.0 Å². The maximum atomic E-state index is 12.6. The number of carbonyl (C=O) groups is 1. The largest absolute Gasteiger partial charge is 0.361 e. The smallest absolute Gasteiger partial charge is 0.222 e. The van der Waals surface area contributed by atoms with Crippen LogP contribution in [-0.4, -0.2) is 34.0 Å². The molecule has 0 aliphatic carbocycles. The molecular weight excluding hydrogens is 322 g/mol. The molecule has 1 aliphatic heterocycles. The second-order valence-corrected chi connectivity index (χ2v) is 7.40. The van der Waals surface area contributed by atoms with Crippen molar-refractivity contribution in [3.63, 3.8) is 0 Å². The molecule has 1 fully saturated rings. The second-order valence-electron chi connectivity index (χ2n) is 6.51. The van der Waals surface area contributed by atoms with Gasteiger partial charge in [-0.2, -0.15) is 0 Å². The van der Waals surface area contributed by atoms with Gasteiger partial charge in [0.05, 0.1) is 16.4 Å². The summed E-state index contributed by atoms with van der Waals surface area (Å²) in [4.78, 5) is 19.3. The summed E-state index contributed by atoms with van der Waals surface area (Å²) in [7, 11) is 0. The lowest BCUT2D eigenvalue weighted by molar-refractivity contribution is -0.132. The third-order valence-corrected chi connectivity index (χ3v) is 5.88. The van der Waals surface area contributed by atoms with Gasteiger partial charge in [-0.1, -0.05) is 12.1 Å². The van der Waals surface area contributed by atoms with Gasteiger partial charge in [-0.05, 0) is 39.5 Å². The van der Waals surface area contributed by atoms with Crippen molar-refractivity contribution in [2.45, 2.75) is 58.8 Å². The highest BCUT2D eigenvalue weighted by Gasteiger charge is 2.26. The third-order valence-electron chi connectivity index (χ3n) is 4.83. The number of hydrogen-bond acceptors (Lipinski definition) is 5. The molecule has 0 N–H and O–H groups in total. The average molecular weight is 347 g/mol. The van der Waals surface area contributed by atoms with Crippen molar-refractivity contribution in [2.24, 2.45) is 0 Å². The highest BCUT2D eigenvalue weighted by atomic mass is 32.1. The average Bonchev–Trinajstić information content (AvgIpc) is 3.20. The first kappa shape index (κ1) is 17.1. The Morgan fingerprint density at radius 3 is 2.96 bits per heavy atom. The Balaban J connectivity index is 1.58. The van der Waals surface area contributed by atoms with Crippen LogP contribution in [0, 0.1) is 13.8 Å². The predicted octanol–water partition coefficient (Wildman–Crippen LogP) is 3.65. The van der Waals surface area contributed by atoms with Gasteiger partial charge in [0.25, 0.3) is 0 Å². The molecule has 0 spiro atoms. The minimum Gasteiger partial charge on any atom is -0.361 e. The van der Waals surface area contributed by atoms with Crippen LogP contribution in [-0.2, 0) is 17.6 Å². The lowest BCUT2D eigenvalue weighted by Crippen LogP contribution is -2.39. The number of aryl methyl sites for hydroxylation is 3. The van der Waals surface area contributed by atoms with E-state index in [-0.39, 0.29) is 5.91 Å². The van der Waals surface area contributed by atoms with Gasteiger partial charge >= 0.3 is 0 Å².